The Morgan fingerprint density at radius 2 is 2.30 bits per heavy atom. The first-order chi connectivity index (χ1) is 9.63. The number of hydrogen-bond donors (Lipinski definition) is 1. The lowest BCUT2D eigenvalue weighted by Crippen LogP contribution is -2.51. The third-order valence-electron chi connectivity index (χ3n) is 4.42. The van der Waals surface area contributed by atoms with Crippen LogP contribution >= 0.6 is 0 Å². The molecule has 0 aromatic carbocycles. The lowest BCUT2D eigenvalue weighted by Gasteiger charge is -2.36. The second-order valence-electron chi connectivity index (χ2n) is 5.95. The van der Waals surface area contributed by atoms with Crippen LogP contribution in [0.25, 0.3) is 0 Å². The topological polar surface area (TPSA) is 61.6 Å². The number of urea groups is 1. The minimum absolute atomic E-state index is 0.0156. The molecule has 2 aliphatic heterocycles. The summed E-state index contributed by atoms with van der Waals surface area (Å²) in [5.41, 5.74) is 0.837. The summed E-state index contributed by atoms with van der Waals surface area (Å²) in [7, 11) is 2.13. The van der Waals surface area contributed by atoms with Gasteiger partial charge in [-0.05, 0) is 39.3 Å². The van der Waals surface area contributed by atoms with Crippen LogP contribution in [-0.4, -0.2) is 53.7 Å². The smallest absolute Gasteiger partial charge is 0.318 e. The Morgan fingerprint density at radius 1 is 1.50 bits per heavy atom. The van der Waals surface area contributed by atoms with Gasteiger partial charge in [-0.25, -0.2) is 4.79 Å². The number of likely N-dealkylation sites (N-methyl/N-ethyl adjacent to an activating group) is 1. The van der Waals surface area contributed by atoms with Gasteiger partial charge in [0, 0.05) is 25.2 Å². The van der Waals surface area contributed by atoms with Gasteiger partial charge in [-0.15, -0.1) is 0 Å². The number of nitrogens with zero attached hydrogens (tertiary/aromatic N) is 3. The second-order valence-corrected chi connectivity index (χ2v) is 5.95. The van der Waals surface area contributed by atoms with Crippen molar-refractivity contribution in [3.05, 3.63) is 17.5 Å². The van der Waals surface area contributed by atoms with Crippen molar-refractivity contribution in [2.45, 2.75) is 32.4 Å². The Labute approximate surface area is 119 Å². The number of carbonyl (C=O) groups excluding carboxylic acids is 1. The number of nitrogens with one attached hydrogen (secondary N) is 1. The molecule has 6 nitrogen and oxygen atoms in total. The molecule has 0 radical (unpaired) electrons. The summed E-state index contributed by atoms with van der Waals surface area (Å²) >= 11 is 0. The van der Waals surface area contributed by atoms with E-state index in [0.29, 0.717) is 24.3 Å². The third-order valence-corrected chi connectivity index (χ3v) is 4.42. The summed E-state index contributed by atoms with van der Waals surface area (Å²) in [5.74, 6) is 1.37. The summed E-state index contributed by atoms with van der Waals surface area (Å²) in [4.78, 5) is 16.6. The van der Waals surface area contributed by atoms with E-state index in [1.165, 1.54) is 6.42 Å². The Kier molecular flexibility index (Phi) is 3.65. The lowest BCUT2D eigenvalue weighted by atomic mass is 9.92. The fourth-order valence-electron chi connectivity index (χ4n) is 3.31. The number of amides is 2. The van der Waals surface area contributed by atoms with Crippen molar-refractivity contribution >= 4 is 6.03 Å². The molecule has 3 rings (SSSR count). The monoisotopic (exact) mass is 278 g/mol. The molecular formula is C14H22N4O2. The third kappa shape index (κ3) is 2.65. The number of aryl methyl sites for hydroxylation is 1. The Balaban J connectivity index is 1.57. The summed E-state index contributed by atoms with van der Waals surface area (Å²) < 4.78 is 5.11. The number of aromatic nitrogens is 1. The highest BCUT2D eigenvalue weighted by atomic mass is 16.5. The molecule has 2 amide bonds. The molecule has 0 aliphatic carbocycles. The molecule has 0 bridgehead atoms. The highest BCUT2D eigenvalue weighted by molar-refractivity contribution is 5.75. The normalized spacial score (nSPS) is 26.6. The van der Waals surface area contributed by atoms with Gasteiger partial charge in [0.2, 0.25) is 0 Å². The average molecular weight is 278 g/mol. The van der Waals surface area contributed by atoms with Crippen LogP contribution in [0.4, 0.5) is 4.79 Å². The maximum Gasteiger partial charge on any atom is 0.318 e. The number of rotatable bonds is 2. The molecule has 1 aromatic rings. The summed E-state index contributed by atoms with van der Waals surface area (Å²) in [5, 5.41) is 6.76. The highest BCUT2D eigenvalue weighted by Crippen LogP contribution is 2.31. The molecule has 0 saturated carbocycles. The van der Waals surface area contributed by atoms with E-state index in [1.807, 2.05) is 17.9 Å². The fourth-order valence-corrected chi connectivity index (χ4v) is 3.31. The molecule has 1 N–H and O–H groups in total. The number of likely N-dealkylation sites (tertiary alicyclic amines) is 2. The maximum absolute atomic E-state index is 12.3. The predicted molar refractivity (Wildman–Crippen MR) is 74.2 cm³/mol. The van der Waals surface area contributed by atoms with E-state index in [9.17, 15) is 4.79 Å². The van der Waals surface area contributed by atoms with Gasteiger partial charge in [0.15, 0.2) is 5.76 Å². The highest BCUT2D eigenvalue weighted by Gasteiger charge is 2.39. The first kappa shape index (κ1) is 13.4. The lowest BCUT2D eigenvalue weighted by molar-refractivity contribution is 0.130. The maximum atomic E-state index is 12.3. The van der Waals surface area contributed by atoms with Gasteiger partial charge in [0.25, 0.3) is 0 Å². The average Bonchev–Trinajstić information content (AvgIpc) is 3.02. The molecular weight excluding hydrogens is 256 g/mol. The predicted octanol–water partition coefficient (Wildman–Crippen LogP) is 1.22. The van der Waals surface area contributed by atoms with Gasteiger partial charge in [-0.1, -0.05) is 5.16 Å². The Hall–Kier alpha value is -1.56. The minimum Gasteiger partial charge on any atom is -0.359 e. The standard InChI is InChI=1S/C14H22N4O2/c1-10-7-12(20-16-10)8-15-14(19)18-6-4-11-3-5-17(2)9-13(11)18/h7,11,13H,3-6,8-9H2,1-2H3,(H,15,19)/t11-,13-/m1/s1. The Morgan fingerprint density at radius 3 is 3.05 bits per heavy atom. The molecule has 6 heteroatoms. The van der Waals surface area contributed by atoms with Crippen LogP contribution in [0, 0.1) is 12.8 Å². The van der Waals surface area contributed by atoms with E-state index >= 15 is 0 Å². The summed E-state index contributed by atoms with van der Waals surface area (Å²) in [6, 6.07) is 2.23. The van der Waals surface area contributed by atoms with Gasteiger partial charge in [0.1, 0.15) is 0 Å². The van der Waals surface area contributed by atoms with Crippen LogP contribution in [0.15, 0.2) is 10.6 Å². The largest absolute Gasteiger partial charge is 0.359 e. The van der Waals surface area contributed by atoms with Crippen molar-refractivity contribution in [1.82, 2.24) is 20.3 Å². The molecule has 3 heterocycles. The quantitative estimate of drug-likeness (QED) is 0.883. The first-order valence-corrected chi connectivity index (χ1v) is 7.28. The van der Waals surface area contributed by atoms with Crippen molar-refractivity contribution in [3.8, 4) is 0 Å². The Bertz CT molecular complexity index is 487. The van der Waals surface area contributed by atoms with Crippen molar-refractivity contribution in [2.24, 2.45) is 5.92 Å². The van der Waals surface area contributed by atoms with Gasteiger partial charge in [0.05, 0.1) is 12.2 Å². The van der Waals surface area contributed by atoms with Crippen molar-refractivity contribution < 1.29 is 9.32 Å². The van der Waals surface area contributed by atoms with E-state index in [1.54, 1.807) is 0 Å². The van der Waals surface area contributed by atoms with E-state index in [2.05, 4.69) is 22.4 Å². The number of carbonyl (C=O) groups is 1. The molecule has 110 valence electrons. The van der Waals surface area contributed by atoms with E-state index in [0.717, 1.165) is 31.7 Å². The van der Waals surface area contributed by atoms with Crippen LogP contribution in [0.2, 0.25) is 0 Å². The molecule has 2 fully saturated rings. The molecule has 1 aromatic heterocycles. The van der Waals surface area contributed by atoms with Crippen LogP contribution in [0.1, 0.15) is 24.3 Å². The zero-order valence-corrected chi connectivity index (χ0v) is 12.1. The van der Waals surface area contributed by atoms with Crippen molar-refractivity contribution in [1.29, 1.82) is 0 Å². The molecule has 2 aliphatic rings. The van der Waals surface area contributed by atoms with Gasteiger partial charge in [-0.3, -0.25) is 0 Å². The SMILES string of the molecule is Cc1cc(CNC(=O)N2CC[C@H]3CCN(C)C[C@H]32)on1. The number of fused-ring (bicyclic) bond motifs is 1. The van der Waals surface area contributed by atoms with Crippen molar-refractivity contribution in [3.63, 3.8) is 0 Å². The van der Waals surface area contributed by atoms with Gasteiger partial charge < -0.3 is 19.6 Å². The fraction of sp³-hybridized carbons (Fsp3) is 0.714. The zero-order chi connectivity index (χ0) is 14.1. The number of hydrogen-bond acceptors (Lipinski definition) is 4. The molecule has 2 atom stereocenters. The second kappa shape index (κ2) is 5.44. The van der Waals surface area contributed by atoms with Crippen LogP contribution < -0.4 is 5.32 Å². The summed E-state index contributed by atoms with van der Waals surface area (Å²) in [6.07, 6.45) is 2.33. The van der Waals surface area contributed by atoms with Gasteiger partial charge in [-0.2, -0.15) is 0 Å². The van der Waals surface area contributed by atoms with Gasteiger partial charge >= 0.3 is 6.03 Å². The molecule has 2 saturated heterocycles. The first-order valence-electron chi connectivity index (χ1n) is 7.28. The van der Waals surface area contributed by atoms with E-state index in [4.69, 9.17) is 4.52 Å². The van der Waals surface area contributed by atoms with Crippen LogP contribution in [-0.2, 0) is 6.54 Å². The van der Waals surface area contributed by atoms with Crippen molar-refractivity contribution in [2.75, 3.05) is 26.7 Å². The molecule has 0 spiro atoms. The molecule has 20 heavy (non-hydrogen) atoms. The minimum atomic E-state index is 0.0156. The zero-order valence-electron chi connectivity index (χ0n) is 12.1. The van der Waals surface area contributed by atoms with Crippen LogP contribution in [0.3, 0.4) is 0 Å². The summed E-state index contributed by atoms with van der Waals surface area (Å²) in [6.45, 7) is 5.28. The number of piperidine rings is 1. The van der Waals surface area contributed by atoms with Crippen LogP contribution in [0.5, 0.6) is 0 Å². The van der Waals surface area contributed by atoms with E-state index < -0.39 is 0 Å². The van der Waals surface area contributed by atoms with E-state index in [-0.39, 0.29) is 6.03 Å². The molecule has 0 unspecified atom stereocenters.